The van der Waals surface area contributed by atoms with Gasteiger partial charge in [-0.3, -0.25) is 9.80 Å². The Hall–Kier alpha value is -0.240. The summed E-state index contributed by atoms with van der Waals surface area (Å²) in [5, 5.41) is 0. The molecule has 7 heteroatoms. The molecule has 0 aromatic rings. The molecule has 0 saturated carbocycles. The van der Waals surface area contributed by atoms with E-state index >= 15 is 0 Å². The molecular formula is C12H25N3O2S2. The van der Waals surface area contributed by atoms with E-state index in [9.17, 15) is 8.42 Å². The van der Waals surface area contributed by atoms with Crippen molar-refractivity contribution in [1.29, 1.82) is 0 Å². The van der Waals surface area contributed by atoms with Crippen LogP contribution in [0, 0.1) is 0 Å². The molecule has 5 nitrogen and oxygen atoms in total. The number of nitrogens with zero attached hydrogens (tertiary/aromatic N) is 2. The van der Waals surface area contributed by atoms with Gasteiger partial charge in [0.2, 0.25) is 0 Å². The molecule has 0 amide bonds. The van der Waals surface area contributed by atoms with Gasteiger partial charge in [-0.05, 0) is 13.8 Å². The smallest absolute Gasteiger partial charge is 0.151 e. The van der Waals surface area contributed by atoms with Crippen molar-refractivity contribution in [2.75, 3.05) is 44.2 Å². The van der Waals surface area contributed by atoms with E-state index in [0.29, 0.717) is 11.5 Å². The summed E-state index contributed by atoms with van der Waals surface area (Å²) >= 11 is 5.10. The third kappa shape index (κ3) is 4.66. The Morgan fingerprint density at radius 2 is 1.79 bits per heavy atom. The molecule has 0 atom stereocenters. The van der Waals surface area contributed by atoms with Crippen molar-refractivity contribution in [1.82, 2.24) is 9.80 Å². The Kier molecular flexibility index (Phi) is 5.73. The van der Waals surface area contributed by atoms with Gasteiger partial charge in [0.25, 0.3) is 0 Å². The summed E-state index contributed by atoms with van der Waals surface area (Å²) in [7, 11) is -2.87. The summed E-state index contributed by atoms with van der Waals surface area (Å²) < 4.78 is 23.0. The highest BCUT2D eigenvalue weighted by Crippen LogP contribution is 2.17. The van der Waals surface area contributed by atoms with Crippen molar-refractivity contribution in [3.63, 3.8) is 0 Å². The van der Waals surface area contributed by atoms with Gasteiger partial charge in [0.1, 0.15) is 0 Å². The van der Waals surface area contributed by atoms with Crippen molar-refractivity contribution in [2.24, 2.45) is 5.73 Å². The molecule has 0 aliphatic carbocycles. The number of thiocarbonyl (C=S) groups is 1. The lowest BCUT2D eigenvalue weighted by Crippen LogP contribution is -2.59. The molecule has 1 saturated heterocycles. The molecule has 0 spiro atoms. The molecule has 0 bridgehead atoms. The van der Waals surface area contributed by atoms with Gasteiger partial charge in [-0.1, -0.05) is 19.1 Å². The first-order chi connectivity index (χ1) is 8.69. The van der Waals surface area contributed by atoms with Crippen molar-refractivity contribution in [3.8, 4) is 0 Å². The van der Waals surface area contributed by atoms with Gasteiger partial charge in [-0.25, -0.2) is 8.42 Å². The molecule has 0 radical (unpaired) electrons. The topological polar surface area (TPSA) is 66.6 Å². The fourth-order valence-corrected chi connectivity index (χ4v) is 3.05. The van der Waals surface area contributed by atoms with E-state index < -0.39 is 9.84 Å². The first-order valence-electron chi connectivity index (χ1n) is 6.67. The summed E-state index contributed by atoms with van der Waals surface area (Å²) in [6.07, 6.45) is 0. The van der Waals surface area contributed by atoms with Gasteiger partial charge >= 0.3 is 0 Å². The highest BCUT2D eigenvalue weighted by molar-refractivity contribution is 7.91. The van der Waals surface area contributed by atoms with Crippen LogP contribution in [0.1, 0.15) is 20.8 Å². The van der Waals surface area contributed by atoms with Crippen LogP contribution in [0.3, 0.4) is 0 Å². The molecule has 1 fully saturated rings. The predicted octanol–water partition coefficient (Wildman–Crippen LogP) is 0.103. The molecule has 112 valence electrons. The van der Waals surface area contributed by atoms with E-state index in [-0.39, 0.29) is 17.0 Å². The molecular weight excluding hydrogens is 282 g/mol. The standard InChI is InChI=1S/C12H25N3O2S2/c1-4-19(16,17)10-9-14-5-7-15(8-6-14)12(2,3)11(13)18/h4-10H2,1-3H3,(H2,13,18). The molecule has 0 aromatic carbocycles. The zero-order chi connectivity index (χ0) is 14.7. The van der Waals surface area contributed by atoms with Gasteiger partial charge in [-0.2, -0.15) is 0 Å². The van der Waals surface area contributed by atoms with Crippen LogP contribution in [0.15, 0.2) is 0 Å². The lowest BCUT2D eigenvalue weighted by molar-refractivity contribution is 0.0895. The van der Waals surface area contributed by atoms with Crippen LogP contribution >= 0.6 is 12.2 Å². The normalized spacial score (nSPS) is 19.5. The van der Waals surface area contributed by atoms with E-state index in [1.54, 1.807) is 6.92 Å². The average molecular weight is 307 g/mol. The number of nitrogens with two attached hydrogens (primary N) is 1. The van der Waals surface area contributed by atoms with Gasteiger partial charge in [-0.15, -0.1) is 0 Å². The lowest BCUT2D eigenvalue weighted by atomic mass is 10.0. The largest absolute Gasteiger partial charge is 0.392 e. The molecule has 1 aliphatic rings. The minimum atomic E-state index is -2.87. The number of hydrogen-bond acceptors (Lipinski definition) is 5. The Bertz CT molecular complexity index is 413. The molecule has 1 aliphatic heterocycles. The van der Waals surface area contributed by atoms with Crippen molar-refractivity contribution < 1.29 is 8.42 Å². The number of rotatable bonds is 6. The number of hydrogen-bond donors (Lipinski definition) is 1. The molecule has 1 heterocycles. The lowest BCUT2D eigenvalue weighted by Gasteiger charge is -2.43. The minimum Gasteiger partial charge on any atom is -0.392 e. The van der Waals surface area contributed by atoms with E-state index in [4.69, 9.17) is 18.0 Å². The Morgan fingerprint density at radius 1 is 1.26 bits per heavy atom. The van der Waals surface area contributed by atoms with E-state index in [2.05, 4.69) is 9.80 Å². The second kappa shape index (κ2) is 6.47. The summed E-state index contributed by atoms with van der Waals surface area (Å²) in [5.74, 6) is 0.476. The maximum absolute atomic E-state index is 11.5. The molecule has 0 unspecified atom stereocenters. The van der Waals surface area contributed by atoms with Crippen LogP contribution in [-0.4, -0.2) is 73.0 Å². The second-order valence-electron chi connectivity index (χ2n) is 5.49. The SMILES string of the molecule is CCS(=O)(=O)CCN1CCN(C(C)(C)C(N)=S)CC1. The third-order valence-electron chi connectivity index (χ3n) is 3.92. The molecule has 2 N–H and O–H groups in total. The summed E-state index contributed by atoms with van der Waals surface area (Å²) in [5.41, 5.74) is 5.50. The average Bonchev–Trinajstić information content (AvgIpc) is 2.37. The first kappa shape index (κ1) is 16.8. The maximum Gasteiger partial charge on any atom is 0.151 e. The van der Waals surface area contributed by atoms with Crippen molar-refractivity contribution in [2.45, 2.75) is 26.3 Å². The zero-order valence-corrected chi connectivity index (χ0v) is 13.7. The van der Waals surface area contributed by atoms with E-state index in [0.717, 1.165) is 26.2 Å². The summed E-state index contributed by atoms with van der Waals surface area (Å²) in [6.45, 7) is 9.86. The van der Waals surface area contributed by atoms with Crippen LogP contribution in [0.5, 0.6) is 0 Å². The Morgan fingerprint density at radius 3 is 2.21 bits per heavy atom. The fourth-order valence-electron chi connectivity index (χ4n) is 2.10. The van der Waals surface area contributed by atoms with Crippen LogP contribution in [-0.2, 0) is 9.84 Å². The van der Waals surface area contributed by atoms with E-state index in [1.165, 1.54) is 0 Å². The van der Waals surface area contributed by atoms with Gasteiger partial charge in [0.15, 0.2) is 9.84 Å². The first-order valence-corrected chi connectivity index (χ1v) is 8.89. The summed E-state index contributed by atoms with van der Waals surface area (Å²) in [4.78, 5) is 4.97. The van der Waals surface area contributed by atoms with Crippen LogP contribution in [0.2, 0.25) is 0 Å². The Balaban J connectivity index is 2.44. The monoisotopic (exact) mass is 307 g/mol. The van der Waals surface area contributed by atoms with Crippen molar-refractivity contribution in [3.05, 3.63) is 0 Å². The molecule has 1 rings (SSSR count). The van der Waals surface area contributed by atoms with Gasteiger partial charge < -0.3 is 5.73 Å². The zero-order valence-electron chi connectivity index (χ0n) is 12.1. The van der Waals surface area contributed by atoms with Crippen molar-refractivity contribution >= 4 is 27.0 Å². The Labute approximate surface area is 122 Å². The van der Waals surface area contributed by atoms with Crippen LogP contribution < -0.4 is 5.73 Å². The second-order valence-corrected chi connectivity index (χ2v) is 8.40. The fraction of sp³-hybridized carbons (Fsp3) is 0.917. The highest BCUT2D eigenvalue weighted by Gasteiger charge is 2.32. The maximum atomic E-state index is 11.5. The molecule has 19 heavy (non-hydrogen) atoms. The summed E-state index contributed by atoms with van der Waals surface area (Å²) in [6, 6.07) is 0. The van der Waals surface area contributed by atoms with E-state index in [1.807, 2.05) is 13.8 Å². The number of sulfone groups is 1. The van der Waals surface area contributed by atoms with Crippen LogP contribution in [0.4, 0.5) is 0 Å². The van der Waals surface area contributed by atoms with Gasteiger partial charge in [0, 0.05) is 38.5 Å². The third-order valence-corrected chi connectivity index (χ3v) is 6.11. The highest BCUT2D eigenvalue weighted by atomic mass is 32.2. The van der Waals surface area contributed by atoms with Gasteiger partial charge in [0.05, 0.1) is 16.3 Å². The van der Waals surface area contributed by atoms with Crippen LogP contribution in [0.25, 0.3) is 0 Å². The minimum absolute atomic E-state index is 0.224. The quantitative estimate of drug-likeness (QED) is 0.702. The number of piperazine rings is 1. The molecule has 0 aromatic heterocycles. The predicted molar refractivity (Wildman–Crippen MR) is 83.2 cm³/mol.